The van der Waals surface area contributed by atoms with Crippen molar-refractivity contribution in [1.29, 1.82) is 5.41 Å². The van der Waals surface area contributed by atoms with Crippen LogP contribution >= 0.6 is 0 Å². The van der Waals surface area contributed by atoms with Gasteiger partial charge in [0.15, 0.2) is 0 Å². The molecule has 0 radical (unpaired) electrons. The van der Waals surface area contributed by atoms with E-state index in [1.54, 1.807) is 19.1 Å². The first-order valence-corrected chi connectivity index (χ1v) is 7.59. The summed E-state index contributed by atoms with van der Waals surface area (Å²) in [5, 5.41) is 8.69. The van der Waals surface area contributed by atoms with Crippen molar-refractivity contribution in [2.45, 2.75) is 20.0 Å². The van der Waals surface area contributed by atoms with Crippen LogP contribution in [0.1, 0.15) is 23.6 Å². The normalized spacial score (nSPS) is 11.7. The van der Waals surface area contributed by atoms with Crippen molar-refractivity contribution in [3.63, 3.8) is 0 Å². The van der Waals surface area contributed by atoms with Gasteiger partial charge in [0.05, 0.1) is 16.6 Å². The molecule has 0 unspecified atom stereocenters. The van der Waals surface area contributed by atoms with Crippen LogP contribution < -0.4 is 5.56 Å². The van der Waals surface area contributed by atoms with Gasteiger partial charge in [0.1, 0.15) is 0 Å². The maximum Gasteiger partial charge on any atom is 0.416 e. The first-order chi connectivity index (χ1) is 11.7. The van der Waals surface area contributed by atoms with E-state index in [2.05, 4.69) is 0 Å². The molecule has 3 rings (SSSR count). The number of nitrogens with one attached hydrogen (secondary N) is 1. The zero-order valence-corrected chi connectivity index (χ0v) is 13.6. The Morgan fingerprint density at radius 1 is 1.04 bits per heavy atom. The second kappa shape index (κ2) is 5.88. The monoisotopic (exact) mass is 344 g/mol. The van der Waals surface area contributed by atoms with Gasteiger partial charge in [0, 0.05) is 16.8 Å². The van der Waals surface area contributed by atoms with Crippen molar-refractivity contribution >= 4 is 16.6 Å². The van der Waals surface area contributed by atoms with Crippen molar-refractivity contribution < 1.29 is 13.2 Å². The first-order valence-electron chi connectivity index (χ1n) is 7.59. The minimum Gasteiger partial charge on any atom is -0.305 e. The summed E-state index contributed by atoms with van der Waals surface area (Å²) in [6.07, 6.45) is -4.43. The lowest BCUT2D eigenvalue weighted by Crippen LogP contribution is -2.26. The highest BCUT2D eigenvalue weighted by atomic mass is 19.4. The molecule has 1 heterocycles. The van der Waals surface area contributed by atoms with E-state index in [9.17, 15) is 18.0 Å². The van der Waals surface area contributed by atoms with Gasteiger partial charge in [-0.2, -0.15) is 13.2 Å². The van der Waals surface area contributed by atoms with Gasteiger partial charge in [-0.3, -0.25) is 9.36 Å². The molecule has 0 spiro atoms. The summed E-state index contributed by atoms with van der Waals surface area (Å²) in [7, 11) is 0. The Kier molecular flexibility index (Phi) is 3.99. The number of aromatic nitrogens is 1. The summed E-state index contributed by atoms with van der Waals surface area (Å²) in [6, 6.07) is 11.6. The molecular weight excluding hydrogens is 329 g/mol. The third-order valence-electron chi connectivity index (χ3n) is 4.17. The molecule has 0 saturated carbocycles. The summed E-state index contributed by atoms with van der Waals surface area (Å²) in [5.41, 5.74) is 0.808. The molecule has 0 saturated heterocycles. The van der Waals surface area contributed by atoms with E-state index in [-0.39, 0.29) is 11.3 Å². The summed E-state index contributed by atoms with van der Waals surface area (Å²) >= 11 is 0. The van der Waals surface area contributed by atoms with Crippen molar-refractivity contribution in [2.75, 3.05) is 0 Å². The van der Waals surface area contributed by atoms with Gasteiger partial charge in [-0.1, -0.05) is 18.2 Å². The average Bonchev–Trinajstić information content (AvgIpc) is 2.54. The Balaban J connectivity index is 2.36. The van der Waals surface area contributed by atoms with Crippen LogP contribution in [0.3, 0.4) is 0 Å². The third kappa shape index (κ3) is 2.84. The topological polar surface area (TPSA) is 45.9 Å². The fraction of sp³-hybridized carbons (Fsp3) is 0.158. The van der Waals surface area contributed by atoms with E-state index in [4.69, 9.17) is 5.41 Å². The van der Waals surface area contributed by atoms with Crippen molar-refractivity contribution in [2.24, 2.45) is 0 Å². The second-order valence-electron chi connectivity index (χ2n) is 5.83. The molecule has 0 bridgehead atoms. The van der Waals surface area contributed by atoms with Crippen molar-refractivity contribution in [3.8, 4) is 5.69 Å². The van der Waals surface area contributed by atoms with E-state index < -0.39 is 17.3 Å². The summed E-state index contributed by atoms with van der Waals surface area (Å²) < 4.78 is 39.7. The molecule has 0 atom stereocenters. The molecule has 1 aromatic heterocycles. The zero-order chi connectivity index (χ0) is 18.4. The van der Waals surface area contributed by atoms with Crippen LogP contribution in [-0.4, -0.2) is 10.3 Å². The summed E-state index contributed by atoms with van der Waals surface area (Å²) in [6.45, 7) is 3.30. The number of fused-ring (bicyclic) bond motifs is 1. The van der Waals surface area contributed by atoms with Crippen LogP contribution in [0, 0.1) is 12.3 Å². The first kappa shape index (κ1) is 17.0. The minimum atomic E-state index is -4.43. The maximum atomic E-state index is 12.9. The van der Waals surface area contributed by atoms with Gasteiger partial charge < -0.3 is 5.41 Å². The van der Waals surface area contributed by atoms with Crippen LogP contribution in [-0.2, 0) is 6.18 Å². The number of halogens is 3. The van der Waals surface area contributed by atoms with Gasteiger partial charge in [0.2, 0.25) is 0 Å². The highest BCUT2D eigenvalue weighted by Gasteiger charge is 2.30. The lowest BCUT2D eigenvalue weighted by Gasteiger charge is -2.16. The van der Waals surface area contributed by atoms with Crippen LogP contribution in [0.25, 0.3) is 16.6 Å². The number of pyridine rings is 1. The fourth-order valence-electron chi connectivity index (χ4n) is 3.00. The van der Waals surface area contributed by atoms with Crippen molar-refractivity contribution in [1.82, 2.24) is 4.57 Å². The van der Waals surface area contributed by atoms with Gasteiger partial charge in [-0.05, 0) is 49.7 Å². The molecular formula is C19H15F3N2O. The van der Waals surface area contributed by atoms with Crippen LogP contribution in [0.15, 0.2) is 53.3 Å². The highest BCUT2D eigenvalue weighted by molar-refractivity contribution is 6.01. The van der Waals surface area contributed by atoms with E-state index >= 15 is 0 Å². The average molecular weight is 344 g/mol. The predicted molar refractivity (Wildman–Crippen MR) is 91.8 cm³/mol. The molecule has 3 aromatic rings. The number of hydrogen-bond donors (Lipinski definition) is 1. The molecule has 0 aliphatic carbocycles. The molecule has 3 nitrogen and oxygen atoms in total. The number of benzene rings is 2. The van der Waals surface area contributed by atoms with Crippen LogP contribution in [0.5, 0.6) is 0 Å². The SMILES string of the molecule is CC(=N)c1c(C)c2ccccc2n(-c2ccc(C(F)(F)F)cc2)c1=O. The van der Waals surface area contributed by atoms with E-state index in [0.29, 0.717) is 16.8 Å². The quantitative estimate of drug-likeness (QED) is 0.673. The second-order valence-corrected chi connectivity index (χ2v) is 5.83. The highest BCUT2D eigenvalue weighted by Crippen LogP contribution is 2.30. The number of hydrogen-bond acceptors (Lipinski definition) is 2. The Morgan fingerprint density at radius 3 is 2.20 bits per heavy atom. The number of aryl methyl sites for hydroxylation is 1. The molecule has 1 N–H and O–H groups in total. The Labute approximate surface area is 141 Å². The third-order valence-corrected chi connectivity index (χ3v) is 4.17. The summed E-state index contributed by atoms with van der Waals surface area (Å²) in [5.74, 6) is 0. The minimum absolute atomic E-state index is 0.119. The van der Waals surface area contributed by atoms with Gasteiger partial charge in [-0.15, -0.1) is 0 Å². The van der Waals surface area contributed by atoms with E-state index in [1.807, 2.05) is 12.1 Å². The number of rotatable bonds is 2. The predicted octanol–water partition coefficient (Wildman–Crippen LogP) is 4.71. The van der Waals surface area contributed by atoms with E-state index in [1.165, 1.54) is 23.6 Å². The van der Waals surface area contributed by atoms with Crippen LogP contribution in [0.4, 0.5) is 13.2 Å². The number of para-hydroxylation sites is 1. The Morgan fingerprint density at radius 2 is 1.64 bits per heavy atom. The smallest absolute Gasteiger partial charge is 0.305 e. The van der Waals surface area contributed by atoms with Crippen molar-refractivity contribution in [3.05, 3.63) is 75.6 Å². The molecule has 25 heavy (non-hydrogen) atoms. The maximum absolute atomic E-state index is 12.9. The van der Waals surface area contributed by atoms with E-state index in [0.717, 1.165) is 17.5 Å². The van der Waals surface area contributed by atoms with Gasteiger partial charge in [0.25, 0.3) is 5.56 Å². The van der Waals surface area contributed by atoms with Crippen LogP contribution in [0.2, 0.25) is 0 Å². The lowest BCUT2D eigenvalue weighted by atomic mass is 10.0. The standard InChI is InChI=1S/C19H15F3N2O/c1-11-15-5-3-4-6-16(15)24(18(25)17(11)12(2)23)14-9-7-13(8-10-14)19(20,21)22/h3-10,23H,1-2H3. The molecule has 0 aliphatic rings. The number of nitrogens with zero attached hydrogens (tertiary/aromatic N) is 1. The lowest BCUT2D eigenvalue weighted by molar-refractivity contribution is -0.137. The zero-order valence-electron chi connectivity index (χ0n) is 13.6. The Hall–Kier alpha value is -2.89. The van der Waals surface area contributed by atoms with Gasteiger partial charge in [-0.25, -0.2) is 0 Å². The number of alkyl halides is 3. The molecule has 128 valence electrons. The van der Waals surface area contributed by atoms with Gasteiger partial charge >= 0.3 is 6.18 Å². The largest absolute Gasteiger partial charge is 0.416 e. The molecule has 6 heteroatoms. The Bertz CT molecular complexity index is 1030. The molecule has 0 aliphatic heterocycles. The molecule has 0 amide bonds. The molecule has 2 aromatic carbocycles. The molecule has 0 fully saturated rings. The fourth-order valence-corrected chi connectivity index (χ4v) is 3.00. The summed E-state index contributed by atoms with van der Waals surface area (Å²) in [4.78, 5) is 12.9.